The average Bonchev–Trinajstić information content (AvgIpc) is 3.09. The van der Waals surface area contributed by atoms with Gasteiger partial charge in [0.05, 0.1) is 23.2 Å². The van der Waals surface area contributed by atoms with Gasteiger partial charge in [0, 0.05) is 24.7 Å². The Morgan fingerprint density at radius 1 is 0.871 bits per heavy atom. The number of aromatic nitrogens is 2. The number of aryl methyl sites for hydroxylation is 1. The van der Waals surface area contributed by atoms with Crippen LogP contribution in [0.2, 0.25) is 0 Å². The summed E-state index contributed by atoms with van der Waals surface area (Å²) in [5, 5.41) is 0. The van der Waals surface area contributed by atoms with Gasteiger partial charge in [-0.2, -0.15) is 0 Å². The van der Waals surface area contributed by atoms with Crippen molar-refractivity contribution in [2.45, 2.75) is 25.2 Å². The van der Waals surface area contributed by atoms with Crippen LogP contribution in [0.15, 0.2) is 79.1 Å². The normalized spacial score (nSPS) is 18.2. The van der Waals surface area contributed by atoms with Gasteiger partial charge in [0.15, 0.2) is 0 Å². The molecule has 2 aromatic heterocycles. The number of rotatable bonds is 6. The molecule has 7 heteroatoms. The van der Waals surface area contributed by atoms with Crippen molar-refractivity contribution in [3.63, 3.8) is 0 Å². The topological polar surface area (TPSA) is 59.9 Å². The van der Waals surface area contributed by atoms with Gasteiger partial charge in [0.2, 0.25) is 0 Å². The molecule has 1 aromatic carbocycles. The van der Waals surface area contributed by atoms with Crippen molar-refractivity contribution in [2.75, 3.05) is 0 Å². The molecule has 0 N–H and O–H groups in total. The van der Waals surface area contributed by atoms with Gasteiger partial charge in [0.1, 0.15) is 11.6 Å². The molecular formula is C24H22Cl2N2O2Pd. The monoisotopic (exact) mass is 546 g/mol. The van der Waals surface area contributed by atoms with Crippen LogP contribution in [0, 0.1) is 11.8 Å². The van der Waals surface area contributed by atoms with Gasteiger partial charge in [-0.1, -0.05) is 42.5 Å². The summed E-state index contributed by atoms with van der Waals surface area (Å²) in [4.78, 5) is 35.1. The number of halogens is 2. The summed E-state index contributed by atoms with van der Waals surface area (Å²) in [7, 11) is 9.63. The van der Waals surface area contributed by atoms with Crippen LogP contribution in [-0.4, -0.2) is 21.5 Å². The first-order valence-corrected chi connectivity index (χ1v) is 13.9. The first-order valence-electron chi connectivity index (χ1n) is 9.90. The molecule has 1 fully saturated rings. The molecule has 0 saturated heterocycles. The number of carbonyl (C=O) groups is 2. The third kappa shape index (κ3) is 6.31. The van der Waals surface area contributed by atoms with Crippen LogP contribution in [0.25, 0.3) is 0 Å². The second-order valence-electron chi connectivity index (χ2n) is 7.30. The van der Waals surface area contributed by atoms with E-state index in [0.29, 0.717) is 12.8 Å². The van der Waals surface area contributed by atoms with E-state index in [0.717, 1.165) is 17.8 Å². The minimum atomic E-state index is -0.703. The van der Waals surface area contributed by atoms with Crippen LogP contribution in [0.5, 0.6) is 0 Å². The Bertz CT molecular complexity index is 935. The standard InChI is InChI=1S/C24H22N2O2.2ClH.Pd/c27-21-16-18(13-12-17-8-2-1-3-9-17)24(28)23(21)22(19-10-4-6-14-25-19)20-11-5-7-15-26-20;;;/h1-11,14-15,18,22-23H,12-13,16H2;2*1H;/q;;;+2/p-2. The summed E-state index contributed by atoms with van der Waals surface area (Å²) in [6.45, 7) is 0. The summed E-state index contributed by atoms with van der Waals surface area (Å²) in [6.07, 6.45) is 5.20. The van der Waals surface area contributed by atoms with Gasteiger partial charge >= 0.3 is 35.0 Å². The van der Waals surface area contributed by atoms with E-state index >= 15 is 0 Å². The molecule has 0 aliphatic heterocycles. The number of ketones is 2. The predicted molar refractivity (Wildman–Crippen MR) is 118 cm³/mol. The molecule has 3 aromatic rings. The van der Waals surface area contributed by atoms with Crippen LogP contribution < -0.4 is 0 Å². The summed E-state index contributed by atoms with van der Waals surface area (Å²) in [5.74, 6) is -1.33. The van der Waals surface area contributed by atoms with Crippen molar-refractivity contribution in [2.24, 2.45) is 11.8 Å². The third-order valence-corrected chi connectivity index (χ3v) is 5.47. The molecule has 0 spiro atoms. The molecule has 0 bridgehead atoms. The predicted octanol–water partition coefficient (Wildman–Crippen LogP) is 5.39. The van der Waals surface area contributed by atoms with E-state index in [4.69, 9.17) is 19.1 Å². The number of nitrogens with zero attached hydrogens (tertiary/aromatic N) is 2. The van der Waals surface area contributed by atoms with E-state index in [1.54, 1.807) is 12.4 Å². The molecular weight excluding hydrogens is 526 g/mol. The maximum absolute atomic E-state index is 13.2. The molecule has 1 saturated carbocycles. The molecule has 4 rings (SSSR count). The Kier molecular flexibility index (Phi) is 9.36. The molecule has 31 heavy (non-hydrogen) atoms. The van der Waals surface area contributed by atoms with E-state index in [-0.39, 0.29) is 33.4 Å². The van der Waals surface area contributed by atoms with E-state index in [2.05, 4.69) is 22.1 Å². The summed E-state index contributed by atoms with van der Waals surface area (Å²) < 4.78 is 0. The molecule has 164 valence electrons. The molecule has 2 atom stereocenters. The zero-order valence-electron chi connectivity index (χ0n) is 16.6. The fraction of sp³-hybridized carbons (Fsp3) is 0.250. The van der Waals surface area contributed by atoms with Crippen LogP contribution in [0.4, 0.5) is 0 Å². The van der Waals surface area contributed by atoms with E-state index in [1.165, 1.54) is 5.56 Å². The number of hydrogen-bond donors (Lipinski definition) is 0. The second kappa shape index (κ2) is 12.2. The quantitative estimate of drug-likeness (QED) is 0.307. The maximum atomic E-state index is 13.2. The minimum absolute atomic E-state index is 0.00404. The third-order valence-electron chi connectivity index (χ3n) is 5.47. The van der Waals surface area contributed by atoms with Gasteiger partial charge < -0.3 is 0 Å². The molecule has 1 aliphatic rings. The molecule has 2 heterocycles. The fourth-order valence-electron chi connectivity index (χ4n) is 4.08. The average molecular weight is 548 g/mol. The Balaban J connectivity index is 0.000000858. The molecule has 2 unspecified atom stereocenters. The van der Waals surface area contributed by atoms with Gasteiger partial charge in [-0.05, 0) is 42.7 Å². The summed E-state index contributed by atoms with van der Waals surface area (Å²) >= 11 is -0.106. The molecule has 1 aliphatic carbocycles. The van der Waals surface area contributed by atoms with Gasteiger partial charge in [-0.25, -0.2) is 0 Å². The van der Waals surface area contributed by atoms with Crippen molar-refractivity contribution >= 4 is 30.6 Å². The van der Waals surface area contributed by atoms with Crippen molar-refractivity contribution < 1.29 is 25.5 Å². The van der Waals surface area contributed by atoms with Gasteiger partial charge in [-0.3, -0.25) is 19.6 Å². The zero-order chi connectivity index (χ0) is 22.1. The van der Waals surface area contributed by atoms with Crippen LogP contribution in [0.3, 0.4) is 0 Å². The Hall–Kier alpha value is -1.90. The zero-order valence-corrected chi connectivity index (χ0v) is 19.7. The summed E-state index contributed by atoms with van der Waals surface area (Å²) in [5.41, 5.74) is 2.63. The number of Topliss-reactive ketones (excluding diaryl/α,β-unsaturated/α-hetero) is 2. The number of carbonyl (C=O) groups excluding carboxylic acids is 2. The Labute approximate surface area is 198 Å². The Morgan fingerprint density at radius 2 is 1.42 bits per heavy atom. The Morgan fingerprint density at radius 3 is 1.94 bits per heavy atom. The van der Waals surface area contributed by atoms with Crippen LogP contribution >= 0.6 is 19.1 Å². The van der Waals surface area contributed by atoms with Gasteiger partial charge in [0.25, 0.3) is 0 Å². The fourth-order valence-corrected chi connectivity index (χ4v) is 4.08. The summed E-state index contributed by atoms with van der Waals surface area (Å²) in [6, 6.07) is 21.3. The molecule has 0 radical (unpaired) electrons. The first kappa shape index (κ1) is 23.8. The van der Waals surface area contributed by atoms with Crippen molar-refractivity contribution in [3.05, 3.63) is 96.1 Å². The SMILES string of the molecule is O=C1CC(CCc2ccccc2)C(=O)C1C(c1ccccn1)c1ccccn1.[Cl][Pd][Cl]. The van der Waals surface area contributed by atoms with Gasteiger partial charge in [-0.15, -0.1) is 0 Å². The number of pyridine rings is 2. The van der Waals surface area contributed by atoms with Crippen molar-refractivity contribution in [1.82, 2.24) is 9.97 Å². The molecule has 4 nitrogen and oxygen atoms in total. The van der Waals surface area contributed by atoms with Crippen molar-refractivity contribution in [1.29, 1.82) is 0 Å². The first-order chi connectivity index (χ1) is 15.2. The second-order valence-corrected chi connectivity index (χ2v) is 9.66. The van der Waals surface area contributed by atoms with E-state index in [9.17, 15) is 9.59 Å². The number of benzene rings is 1. The van der Waals surface area contributed by atoms with Crippen LogP contribution in [0.1, 0.15) is 35.7 Å². The van der Waals surface area contributed by atoms with E-state index < -0.39 is 11.8 Å². The number of hydrogen-bond acceptors (Lipinski definition) is 4. The molecule has 0 amide bonds. The van der Waals surface area contributed by atoms with Crippen LogP contribution in [-0.2, 0) is 31.9 Å². The van der Waals surface area contributed by atoms with Crippen molar-refractivity contribution in [3.8, 4) is 0 Å². The van der Waals surface area contributed by atoms with E-state index in [1.807, 2.05) is 54.6 Å².